The van der Waals surface area contributed by atoms with Crippen molar-refractivity contribution >= 4 is 23.1 Å². The maximum absolute atomic E-state index is 13.8. The molecule has 94 valence electrons. The molecule has 2 heterocycles. The molecule has 0 aliphatic carbocycles. The van der Waals surface area contributed by atoms with E-state index in [1.807, 2.05) is 17.5 Å². The number of hydrogen-bond donors (Lipinski definition) is 2. The molecule has 6 heteroatoms. The molecule has 2 aromatic rings. The normalized spacial score (nSPS) is 10.1. The summed E-state index contributed by atoms with van der Waals surface area (Å²) in [5.41, 5.74) is -0.00842. The molecule has 0 atom stereocenters. The molecule has 2 aromatic heterocycles. The van der Waals surface area contributed by atoms with Crippen LogP contribution in [0.5, 0.6) is 0 Å². The van der Waals surface area contributed by atoms with E-state index in [1.165, 1.54) is 23.6 Å². The highest BCUT2D eigenvalue weighted by atomic mass is 32.1. The van der Waals surface area contributed by atoms with Gasteiger partial charge < -0.3 is 10.6 Å². The average molecular weight is 265 g/mol. The maximum atomic E-state index is 13.8. The highest BCUT2D eigenvalue weighted by molar-refractivity contribution is 7.09. The van der Waals surface area contributed by atoms with Gasteiger partial charge in [-0.3, -0.25) is 4.79 Å². The fraction of sp³-hybridized carbons (Fsp3) is 0.167. The lowest BCUT2D eigenvalue weighted by Gasteiger charge is -2.07. The van der Waals surface area contributed by atoms with Crippen molar-refractivity contribution < 1.29 is 9.18 Å². The maximum Gasteiger partial charge on any atom is 0.254 e. The van der Waals surface area contributed by atoms with E-state index >= 15 is 0 Å². The van der Waals surface area contributed by atoms with Crippen molar-refractivity contribution in [2.45, 2.75) is 6.54 Å². The van der Waals surface area contributed by atoms with Crippen LogP contribution < -0.4 is 10.6 Å². The van der Waals surface area contributed by atoms with Crippen molar-refractivity contribution in [2.24, 2.45) is 0 Å². The van der Waals surface area contributed by atoms with Gasteiger partial charge in [-0.2, -0.15) is 0 Å². The molecule has 0 unspecified atom stereocenters. The number of amides is 1. The molecular formula is C12H12FN3OS. The van der Waals surface area contributed by atoms with Gasteiger partial charge in [0.2, 0.25) is 0 Å². The minimum atomic E-state index is -0.635. The van der Waals surface area contributed by atoms with Crippen LogP contribution in [-0.2, 0) is 6.54 Å². The van der Waals surface area contributed by atoms with Crippen molar-refractivity contribution in [1.29, 1.82) is 0 Å². The summed E-state index contributed by atoms with van der Waals surface area (Å²) in [7, 11) is 1.55. The number of thiophene rings is 1. The zero-order chi connectivity index (χ0) is 13.0. The lowest BCUT2D eigenvalue weighted by molar-refractivity contribution is 0.0947. The van der Waals surface area contributed by atoms with Crippen molar-refractivity contribution in [2.75, 3.05) is 12.4 Å². The number of carbonyl (C=O) groups excluding carboxylic acids is 1. The average Bonchev–Trinajstić information content (AvgIpc) is 2.89. The van der Waals surface area contributed by atoms with Crippen LogP contribution in [0.25, 0.3) is 0 Å². The third kappa shape index (κ3) is 2.65. The third-order valence-corrected chi connectivity index (χ3v) is 3.25. The third-order valence-electron chi connectivity index (χ3n) is 2.37. The van der Waals surface area contributed by atoms with E-state index in [0.29, 0.717) is 6.54 Å². The molecule has 4 nitrogen and oxygen atoms in total. The molecule has 2 N–H and O–H groups in total. The summed E-state index contributed by atoms with van der Waals surface area (Å²) in [5.74, 6) is -1.01. The zero-order valence-corrected chi connectivity index (χ0v) is 10.6. The van der Waals surface area contributed by atoms with E-state index in [4.69, 9.17) is 0 Å². The molecule has 0 spiro atoms. The number of aromatic nitrogens is 1. The standard InChI is InChI=1S/C12H12FN3OS/c1-14-11-10(13)9(4-5-15-11)12(17)16-7-8-3-2-6-18-8/h2-6H,7H2,1H3,(H,14,15)(H,16,17). The van der Waals surface area contributed by atoms with Gasteiger partial charge in [-0.05, 0) is 17.5 Å². The predicted octanol–water partition coefficient (Wildman–Crippen LogP) is 2.25. The fourth-order valence-electron chi connectivity index (χ4n) is 1.47. The number of nitrogens with one attached hydrogen (secondary N) is 2. The summed E-state index contributed by atoms with van der Waals surface area (Å²) in [5, 5.41) is 7.19. The quantitative estimate of drug-likeness (QED) is 0.891. The molecule has 2 rings (SSSR count). The SMILES string of the molecule is CNc1nccc(C(=O)NCc2cccs2)c1F. The topological polar surface area (TPSA) is 54.0 Å². The number of halogens is 1. The minimum Gasteiger partial charge on any atom is -0.371 e. The van der Waals surface area contributed by atoms with Crippen LogP contribution in [-0.4, -0.2) is 17.9 Å². The number of anilines is 1. The predicted molar refractivity (Wildman–Crippen MR) is 69.2 cm³/mol. The Morgan fingerprint density at radius 2 is 2.33 bits per heavy atom. The van der Waals surface area contributed by atoms with E-state index in [2.05, 4.69) is 15.6 Å². The van der Waals surface area contributed by atoms with Gasteiger partial charge in [-0.1, -0.05) is 6.07 Å². The van der Waals surface area contributed by atoms with Crippen molar-refractivity contribution in [3.63, 3.8) is 0 Å². The summed E-state index contributed by atoms with van der Waals surface area (Å²) in [6.07, 6.45) is 1.40. The first-order chi connectivity index (χ1) is 8.72. The van der Waals surface area contributed by atoms with Gasteiger partial charge >= 0.3 is 0 Å². The van der Waals surface area contributed by atoms with Crippen LogP contribution in [0.4, 0.5) is 10.2 Å². The van der Waals surface area contributed by atoms with E-state index in [1.54, 1.807) is 7.05 Å². The Balaban J connectivity index is 2.09. The summed E-state index contributed by atoms with van der Waals surface area (Å²) in [6, 6.07) is 5.17. The summed E-state index contributed by atoms with van der Waals surface area (Å²) in [6.45, 7) is 0.396. The second kappa shape index (κ2) is 5.59. The highest BCUT2D eigenvalue weighted by Gasteiger charge is 2.15. The van der Waals surface area contributed by atoms with Gasteiger partial charge in [-0.15, -0.1) is 11.3 Å². The molecule has 1 amide bonds. The van der Waals surface area contributed by atoms with Gasteiger partial charge in [0, 0.05) is 18.1 Å². The van der Waals surface area contributed by atoms with E-state index in [0.717, 1.165) is 4.88 Å². The fourth-order valence-corrected chi connectivity index (χ4v) is 2.11. The van der Waals surface area contributed by atoms with Gasteiger partial charge in [0.1, 0.15) is 0 Å². The Morgan fingerprint density at radius 1 is 1.50 bits per heavy atom. The first kappa shape index (κ1) is 12.5. The number of nitrogens with zero attached hydrogens (tertiary/aromatic N) is 1. The van der Waals surface area contributed by atoms with Crippen LogP contribution in [0, 0.1) is 5.82 Å². The summed E-state index contributed by atoms with van der Waals surface area (Å²) in [4.78, 5) is 16.6. The number of hydrogen-bond acceptors (Lipinski definition) is 4. The number of rotatable bonds is 4. The van der Waals surface area contributed by atoms with E-state index < -0.39 is 11.7 Å². The van der Waals surface area contributed by atoms with Crippen LogP contribution in [0.2, 0.25) is 0 Å². The monoisotopic (exact) mass is 265 g/mol. The number of pyridine rings is 1. The molecule has 0 saturated carbocycles. The largest absolute Gasteiger partial charge is 0.371 e. The molecule has 0 aliphatic heterocycles. The lowest BCUT2D eigenvalue weighted by atomic mass is 10.2. The molecule has 0 aliphatic rings. The first-order valence-electron chi connectivity index (χ1n) is 5.35. The van der Waals surface area contributed by atoms with E-state index in [9.17, 15) is 9.18 Å². The molecular weight excluding hydrogens is 253 g/mol. The smallest absolute Gasteiger partial charge is 0.254 e. The van der Waals surface area contributed by atoms with Gasteiger partial charge in [-0.25, -0.2) is 9.37 Å². The van der Waals surface area contributed by atoms with Crippen LogP contribution in [0.15, 0.2) is 29.8 Å². The zero-order valence-electron chi connectivity index (χ0n) is 9.74. The van der Waals surface area contributed by atoms with E-state index in [-0.39, 0.29) is 11.4 Å². The Morgan fingerprint density at radius 3 is 3.00 bits per heavy atom. The molecule has 18 heavy (non-hydrogen) atoms. The van der Waals surface area contributed by atoms with Crippen molar-refractivity contribution in [3.05, 3.63) is 46.0 Å². The van der Waals surface area contributed by atoms with Crippen LogP contribution >= 0.6 is 11.3 Å². The van der Waals surface area contributed by atoms with Gasteiger partial charge in [0.25, 0.3) is 5.91 Å². The van der Waals surface area contributed by atoms with Gasteiger partial charge in [0.15, 0.2) is 11.6 Å². The molecule has 0 saturated heterocycles. The molecule has 0 bridgehead atoms. The van der Waals surface area contributed by atoms with Crippen LogP contribution in [0.3, 0.4) is 0 Å². The number of carbonyl (C=O) groups is 1. The van der Waals surface area contributed by atoms with Crippen molar-refractivity contribution in [1.82, 2.24) is 10.3 Å². The first-order valence-corrected chi connectivity index (χ1v) is 6.23. The minimum absolute atomic E-state index is 0.00842. The molecule has 0 aromatic carbocycles. The van der Waals surface area contributed by atoms with Gasteiger partial charge in [0.05, 0.1) is 12.1 Å². The second-order valence-electron chi connectivity index (χ2n) is 3.53. The second-order valence-corrected chi connectivity index (χ2v) is 4.57. The Hall–Kier alpha value is -1.95. The Labute approximate surface area is 108 Å². The van der Waals surface area contributed by atoms with Crippen LogP contribution in [0.1, 0.15) is 15.2 Å². The lowest BCUT2D eigenvalue weighted by Crippen LogP contribution is -2.23. The molecule has 0 radical (unpaired) electrons. The van der Waals surface area contributed by atoms with Crippen molar-refractivity contribution in [3.8, 4) is 0 Å². The highest BCUT2D eigenvalue weighted by Crippen LogP contribution is 2.14. The Kier molecular flexibility index (Phi) is 3.88. The molecule has 0 fully saturated rings. The summed E-state index contributed by atoms with van der Waals surface area (Å²) < 4.78 is 13.8. The summed E-state index contributed by atoms with van der Waals surface area (Å²) >= 11 is 1.54. The Bertz CT molecular complexity index is 542.